The minimum atomic E-state index is -1.03. The Morgan fingerprint density at radius 3 is 2.46 bits per heavy atom. The zero-order valence-electron chi connectivity index (χ0n) is 14.4. The topological polar surface area (TPSA) is 68.5 Å². The van der Waals surface area contributed by atoms with Crippen molar-refractivity contribution in [3.8, 4) is 5.75 Å². The van der Waals surface area contributed by atoms with Gasteiger partial charge in [0.05, 0.1) is 12.2 Å². The van der Waals surface area contributed by atoms with E-state index in [1.165, 1.54) is 0 Å². The lowest BCUT2D eigenvalue weighted by Gasteiger charge is -2.13. The van der Waals surface area contributed by atoms with Gasteiger partial charge in [-0.1, -0.05) is 48.0 Å². The molecule has 0 aliphatic rings. The van der Waals surface area contributed by atoms with E-state index >= 15 is 0 Å². The van der Waals surface area contributed by atoms with Gasteiger partial charge >= 0.3 is 5.97 Å². The highest BCUT2D eigenvalue weighted by atomic mass is 16.5. The number of aryl methyl sites for hydroxylation is 1. The molecule has 0 atom stereocenters. The van der Waals surface area contributed by atoms with Crippen molar-refractivity contribution < 1.29 is 19.4 Å². The standard InChI is InChI=1S/C21H19NO4/c1-15-8-10-16(11-9-15)21(25)18-6-4-12-22(18)13-17-5-2-3-7-19(17)26-14-20(23)24/h2-12H,13-14H2,1H3,(H,23,24). The molecule has 0 aliphatic carbocycles. The Balaban J connectivity index is 1.85. The van der Waals surface area contributed by atoms with E-state index in [0.717, 1.165) is 11.1 Å². The van der Waals surface area contributed by atoms with Crippen molar-refractivity contribution >= 4 is 11.8 Å². The average molecular weight is 349 g/mol. The van der Waals surface area contributed by atoms with Crippen LogP contribution >= 0.6 is 0 Å². The van der Waals surface area contributed by atoms with Gasteiger partial charge in [0.2, 0.25) is 5.78 Å². The largest absolute Gasteiger partial charge is 0.482 e. The summed E-state index contributed by atoms with van der Waals surface area (Å²) >= 11 is 0. The third-order valence-electron chi connectivity index (χ3n) is 4.04. The number of nitrogens with zero attached hydrogens (tertiary/aromatic N) is 1. The minimum Gasteiger partial charge on any atom is -0.482 e. The van der Waals surface area contributed by atoms with Crippen molar-refractivity contribution in [2.75, 3.05) is 6.61 Å². The van der Waals surface area contributed by atoms with Gasteiger partial charge in [0, 0.05) is 17.3 Å². The Bertz CT molecular complexity index is 925. The van der Waals surface area contributed by atoms with Gasteiger partial charge in [-0.25, -0.2) is 4.79 Å². The predicted octanol–water partition coefficient (Wildman–Crippen LogP) is 3.54. The van der Waals surface area contributed by atoms with Crippen molar-refractivity contribution in [1.82, 2.24) is 4.57 Å². The van der Waals surface area contributed by atoms with Crippen LogP contribution < -0.4 is 4.74 Å². The van der Waals surface area contributed by atoms with Crippen molar-refractivity contribution in [1.29, 1.82) is 0 Å². The number of rotatable bonds is 7. The lowest BCUT2D eigenvalue weighted by molar-refractivity contribution is -0.139. The molecule has 0 fully saturated rings. The van der Waals surface area contributed by atoms with Crippen molar-refractivity contribution in [2.24, 2.45) is 0 Å². The van der Waals surface area contributed by atoms with E-state index in [1.807, 2.05) is 60.2 Å². The van der Waals surface area contributed by atoms with Gasteiger partial charge < -0.3 is 14.4 Å². The monoisotopic (exact) mass is 349 g/mol. The summed E-state index contributed by atoms with van der Waals surface area (Å²) in [4.78, 5) is 23.6. The summed E-state index contributed by atoms with van der Waals surface area (Å²) in [6.07, 6.45) is 1.83. The highest BCUT2D eigenvalue weighted by Gasteiger charge is 2.15. The molecule has 3 aromatic rings. The summed E-state index contributed by atoms with van der Waals surface area (Å²) in [6, 6.07) is 18.3. The van der Waals surface area contributed by atoms with E-state index in [2.05, 4.69) is 0 Å². The second-order valence-corrected chi connectivity index (χ2v) is 6.01. The highest BCUT2D eigenvalue weighted by molar-refractivity contribution is 6.08. The number of aromatic nitrogens is 1. The number of ether oxygens (including phenoxy) is 1. The van der Waals surface area contributed by atoms with Crippen LogP contribution in [0.4, 0.5) is 0 Å². The van der Waals surface area contributed by atoms with E-state index in [9.17, 15) is 9.59 Å². The van der Waals surface area contributed by atoms with Crippen LogP contribution in [-0.4, -0.2) is 28.0 Å². The van der Waals surface area contributed by atoms with Crippen LogP contribution in [0.25, 0.3) is 0 Å². The van der Waals surface area contributed by atoms with Crippen molar-refractivity contribution in [2.45, 2.75) is 13.5 Å². The number of carbonyl (C=O) groups excluding carboxylic acids is 1. The summed E-state index contributed by atoms with van der Waals surface area (Å²) in [6.45, 7) is 1.98. The fraction of sp³-hybridized carbons (Fsp3) is 0.143. The summed E-state index contributed by atoms with van der Waals surface area (Å²) in [7, 11) is 0. The van der Waals surface area contributed by atoms with Gasteiger partial charge in [0.25, 0.3) is 0 Å². The number of ketones is 1. The first-order valence-electron chi connectivity index (χ1n) is 8.23. The van der Waals surface area contributed by atoms with Crippen LogP contribution in [0.3, 0.4) is 0 Å². The molecule has 1 aromatic heterocycles. The van der Waals surface area contributed by atoms with Crippen LogP contribution in [0.2, 0.25) is 0 Å². The van der Waals surface area contributed by atoms with Gasteiger partial charge in [-0.2, -0.15) is 0 Å². The molecule has 0 radical (unpaired) electrons. The summed E-state index contributed by atoms with van der Waals surface area (Å²) in [5, 5.41) is 8.81. The molecule has 0 saturated heterocycles. The Labute approximate surface area is 151 Å². The zero-order valence-corrected chi connectivity index (χ0v) is 14.4. The maximum Gasteiger partial charge on any atom is 0.341 e. The molecular formula is C21H19NO4. The number of carboxylic acid groups (broad SMARTS) is 1. The van der Waals surface area contributed by atoms with E-state index < -0.39 is 12.6 Å². The first kappa shape index (κ1) is 17.5. The number of aliphatic carboxylic acids is 1. The molecule has 0 unspecified atom stereocenters. The van der Waals surface area contributed by atoms with E-state index in [-0.39, 0.29) is 5.78 Å². The molecule has 5 heteroatoms. The Hall–Kier alpha value is -3.34. The zero-order chi connectivity index (χ0) is 18.5. The second-order valence-electron chi connectivity index (χ2n) is 6.01. The summed E-state index contributed by atoms with van der Waals surface area (Å²) < 4.78 is 7.19. The van der Waals surface area contributed by atoms with Crippen LogP contribution in [0.5, 0.6) is 5.75 Å². The number of carbonyl (C=O) groups is 2. The van der Waals surface area contributed by atoms with Crippen LogP contribution in [0, 0.1) is 6.92 Å². The molecule has 0 aliphatic heterocycles. The van der Waals surface area contributed by atoms with E-state index in [4.69, 9.17) is 9.84 Å². The molecule has 1 N–H and O–H groups in total. The third-order valence-corrected chi connectivity index (χ3v) is 4.04. The van der Waals surface area contributed by atoms with Crippen LogP contribution in [0.1, 0.15) is 27.2 Å². The third kappa shape index (κ3) is 4.00. The molecule has 5 nitrogen and oxygen atoms in total. The lowest BCUT2D eigenvalue weighted by atomic mass is 10.1. The minimum absolute atomic E-state index is 0.0565. The number of carboxylic acids is 1. The molecule has 132 valence electrons. The van der Waals surface area contributed by atoms with Gasteiger partial charge in [-0.15, -0.1) is 0 Å². The van der Waals surface area contributed by atoms with Crippen LogP contribution in [0.15, 0.2) is 66.9 Å². The second kappa shape index (κ2) is 7.70. The fourth-order valence-electron chi connectivity index (χ4n) is 2.71. The van der Waals surface area contributed by atoms with Gasteiger partial charge in [0.1, 0.15) is 5.75 Å². The molecule has 1 heterocycles. The number of hydrogen-bond donors (Lipinski definition) is 1. The Morgan fingerprint density at radius 2 is 1.73 bits per heavy atom. The molecule has 26 heavy (non-hydrogen) atoms. The van der Waals surface area contributed by atoms with Gasteiger partial charge in [0.15, 0.2) is 6.61 Å². The molecular weight excluding hydrogens is 330 g/mol. The summed E-state index contributed by atoms with van der Waals surface area (Å²) in [5.41, 5.74) is 3.11. The molecule has 3 rings (SSSR count). The lowest BCUT2D eigenvalue weighted by Crippen LogP contribution is -2.13. The normalized spacial score (nSPS) is 10.5. The maximum absolute atomic E-state index is 12.8. The predicted molar refractivity (Wildman–Crippen MR) is 97.7 cm³/mol. The van der Waals surface area contributed by atoms with Crippen LogP contribution in [-0.2, 0) is 11.3 Å². The SMILES string of the molecule is Cc1ccc(C(=O)c2cccn2Cc2ccccc2OCC(=O)O)cc1. The fourth-order valence-corrected chi connectivity index (χ4v) is 2.71. The van der Waals surface area contributed by atoms with E-state index in [1.54, 1.807) is 18.2 Å². The number of benzene rings is 2. The molecule has 2 aromatic carbocycles. The number of para-hydroxylation sites is 1. The van der Waals surface area contributed by atoms with Crippen molar-refractivity contribution in [3.63, 3.8) is 0 Å². The molecule has 0 spiro atoms. The van der Waals surface area contributed by atoms with E-state index in [0.29, 0.717) is 23.6 Å². The first-order valence-corrected chi connectivity index (χ1v) is 8.23. The molecule has 0 bridgehead atoms. The highest BCUT2D eigenvalue weighted by Crippen LogP contribution is 2.21. The Kier molecular flexibility index (Phi) is 5.17. The first-order chi connectivity index (χ1) is 12.5. The average Bonchev–Trinajstić information content (AvgIpc) is 3.09. The van der Waals surface area contributed by atoms with Crippen molar-refractivity contribution in [3.05, 3.63) is 89.2 Å². The molecule has 0 saturated carbocycles. The smallest absolute Gasteiger partial charge is 0.341 e. The molecule has 0 amide bonds. The van der Waals surface area contributed by atoms with Gasteiger partial charge in [-0.05, 0) is 25.1 Å². The van der Waals surface area contributed by atoms with Gasteiger partial charge in [-0.3, -0.25) is 4.79 Å². The maximum atomic E-state index is 12.8. The quantitative estimate of drug-likeness (QED) is 0.663. The number of hydrogen-bond acceptors (Lipinski definition) is 3. The summed E-state index contributed by atoms with van der Waals surface area (Å²) in [5.74, 6) is -0.590. The Morgan fingerprint density at radius 1 is 1.00 bits per heavy atom.